The second-order valence-electron chi connectivity index (χ2n) is 4.79. The summed E-state index contributed by atoms with van der Waals surface area (Å²) in [5.74, 6) is 1.36. The van der Waals surface area contributed by atoms with Gasteiger partial charge in [-0.25, -0.2) is 0 Å². The first-order valence-corrected chi connectivity index (χ1v) is 6.60. The van der Waals surface area contributed by atoms with Gasteiger partial charge in [0.05, 0.1) is 25.5 Å². The van der Waals surface area contributed by atoms with E-state index < -0.39 is 0 Å². The van der Waals surface area contributed by atoms with Crippen molar-refractivity contribution in [1.82, 2.24) is 10.3 Å². The fraction of sp³-hybridized carbons (Fsp3) is 0.643. The van der Waals surface area contributed by atoms with Crippen molar-refractivity contribution in [3.8, 4) is 5.75 Å². The maximum atomic E-state index is 5.88. The average Bonchev–Trinajstić information content (AvgIpc) is 2.82. The lowest BCUT2D eigenvalue weighted by molar-refractivity contribution is 0.0610. The molecule has 0 bridgehead atoms. The number of rotatable bonds is 5. The van der Waals surface area contributed by atoms with E-state index in [1.165, 1.54) is 0 Å². The SMILES string of the molecule is CCNC(c1cncc(OC)c1)C1OCCC1C. The summed E-state index contributed by atoms with van der Waals surface area (Å²) in [5.41, 5.74) is 1.13. The van der Waals surface area contributed by atoms with Gasteiger partial charge in [0.15, 0.2) is 0 Å². The normalized spacial score (nSPS) is 25.1. The van der Waals surface area contributed by atoms with Crippen LogP contribution in [0.4, 0.5) is 0 Å². The molecule has 4 nitrogen and oxygen atoms in total. The molecule has 1 aromatic rings. The fourth-order valence-electron chi connectivity index (χ4n) is 2.50. The molecule has 0 radical (unpaired) electrons. The molecule has 3 atom stereocenters. The second kappa shape index (κ2) is 6.16. The highest BCUT2D eigenvalue weighted by Gasteiger charge is 2.32. The van der Waals surface area contributed by atoms with Crippen LogP contribution in [0.25, 0.3) is 0 Å². The van der Waals surface area contributed by atoms with E-state index in [1.54, 1.807) is 13.3 Å². The lowest BCUT2D eigenvalue weighted by Crippen LogP contribution is -2.34. The van der Waals surface area contributed by atoms with Gasteiger partial charge in [-0.05, 0) is 30.5 Å². The van der Waals surface area contributed by atoms with Crippen LogP contribution in [0.1, 0.15) is 31.9 Å². The molecule has 1 aliphatic heterocycles. The first kappa shape index (κ1) is 13.3. The van der Waals surface area contributed by atoms with Gasteiger partial charge in [-0.15, -0.1) is 0 Å². The molecular weight excluding hydrogens is 228 g/mol. The Balaban J connectivity index is 2.22. The van der Waals surface area contributed by atoms with Crippen molar-refractivity contribution in [1.29, 1.82) is 0 Å². The highest BCUT2D eigenvalue weighted by atomic mass is 16.5. The van der Waals surface area contributed by atoms with Crippen LogP contribution in [-0.2, 0) is 4.74 Å². The van der Waals surface area contributed by atoms with E-state index in [1.807, 2.05) is 12.3 Å². The maximum absolute atomic E-state index is 5.88. The van der Waals surface area contributed by atoms with Crippen molar-refractivity contribution in [3.63, 3.8) is 0 Å². The molecule has 0 saturated carbocycles. The van der Waals surface area contributed by atoms with Gasteiger partial charge in [-0.1, -0.05) is 13.8 Å². The number of pyridine rings is 1. The Kier molecular flexibility index (Phi) is 4.55. The van der Waals surface area contributed by atoms with Crippen LogP contribution < -0.4 is 10.1 Å². The smallest absolute Gasteiger partial charge is 0.137 e. The molecule has 0 spiro atoms. The number of aromatic nitrogens is 1. The molecule has 100 valence electrons. The minimum atomic E-state index is 0.190. The van der Waals surface area contributed by atoms with Gasteiger partial charge in [-0.3, -0.25) is 4.98 Å². The minimum Gasteiger partial charge on any atom is -0.495 e. The van der Waals surface area contributed by atoms with Crippen LogP contribution in [0.5, 0.6) is 5.75 Å². The van der Waals surface area contributed by atoms with Crippen molar-refractivity contribution >= 4 is 0 Å². The topological polar surface area (TPSA) is 43.4 Å². The van der Waals surface area contributed by atoms with Gasteiger partial charge in [0.1, 0.15) is 5.75 Å². The van der Waals surface area contributed by atoms with E-state index in [0.717, 1.165) is 30.9 Å². The number of ether oxygens (including phenoxy) is 2. The molecular formula is C14H22N2O2. The molecule has 2 heterocycles. The zero-order valence-electron chi connectivity index (χ0n) is 11.3. The molecule has 18 heavy (non-hydrogen) atoms. The fourth-order valence-corrected chi connectivity index (χ4v) is 2.50. The standard InChI is InChI=1S/C14H22N2O2/c1-4-16-13(14-10(2)5-6-18-14)11-7-12(17-3)9-15-8-11/h7-10,13-14,16H,4-6H2,1-3H3. The van der Waals surface area contributed by atoms with Gasteiger partial charge in [0.25, 0.3) is 0 Å². The minimum absolute atomic E-state index is 0.190. The average molecular weight is 250 g/mol. The Bertz CT molecular complexity index is 384. The third-order valence-electron chi connectivity index (χ3n) is 3.53. The summed E-state index contributed by atoms with van der Waals surface area (Å²) in [6.07, 6.45) is 4.97. The third kappa shape index (κ3) is 2.82. The van der Waals surface area contributed by atoms with Crippen molar-refractivity contribution < 1.29 is 9.47 Å². The Hall–Kier alpha value is -1.13. The molecule has 3 unspecified atom stereocenters. The molecule has 2 rings (SSSR count). The Morgan fingerprint density at radius 2 is 2.39 bits per heavy atom. The number of nitrogens with zero attached hydrogens (tertiary/aromatic N) is 1. The van der Waals surface area contributed by atoms with Crippen molar-refractivity contribution in [2.75, 3.05) is 20.3 Å². The number of nitrogens with one attached hydrogen (secondary N) is 1. The molecule has 1 fully saturated rings. The Morgan fingerprint density at radius 1 is 1.56 bits per heavy atom. The van der Waals surface area contributed by atoms with E-state index in [4.69, 9.17) is 9.47 Å². The number of methoxy groups -OCH3 is 1. The van der Waals surface area contributed by atoms with E-state index in [0.29, 0.717) is 5.92 Å². The first-order chi connectivity index (χ1) is 8.76. The van der Waals surface area contributed by atoms with Gasteiger partial charge in [-0.2, -0.15) is 0 Å². The van der Waals surface area contributed by atoms with Crippen LogP contribution in [0.15, 0.2) is 18.5 Å². The van der Waals surface area contributed by atoms with E-state index in [-0.39, 0.29) is 12.1 Å². The van der Waals surface area contributed by atoms with Crippen LogP contribution >= 0.6 is 0 Å². The summed E-state index contributed by atoms with van der Waals surface area (Å²) in [4.78, 5) is 4.23. The van der Waals surface area contributed by atoms with Crippen LogP contribution in [0.2, 0.25) is 0 Å². The summed E-state index contributed by atoms with van der Waals surface area (Å²) in [6, 6.07) is 2.23. The summed E-state index contributed by atoms with van der Waals surface area (Å²) in [7, 11) is 1.66. The number of hydrogen-bond acceptors (Lipinski definition) is 4. The Morgan fingerprint density at radius 3 is 3.00 bits per heavy atom. The van der Waals surface area contributed by atoms with Gasteiger partial charge in [0, 0.05) is 12.8 Å². The first-order valence-electron chi connectivity index (χ1n) is 6.60. The summed E-state index contributed by atoms with van der Waals surface area (Å²) < 4.78 is 11.1. The molecule has 1 aromatic heterocycles. The van der Waals surface area contributed by atoms with Crippen molar-refractivity contribution in [2.24, 2.45) is 5.92 Å². The van der Waals surface area contributed by atoms with Gasteiger partial charge >= 0.3 is 0 Å². The monoisotopic (exact) mass is 250 g/mol. The summed E-state index contributed by atoms with van der Waals surface area (Å²) in [6.45, 7) is 6.12. The maximum Gasteiger partial charge on any atom is 0.137 e. The van der Waals surface area contributed by atoms with Crippen LogP contribution in [-0.4, -0.2) is 31.3 Å². The predicted molar refractivity (Wildman–Crippen MR) is 70.7 cm³/mol. The molecule has 0 aromatic carbocycles. The zero-order valence-corrected chi connectivity index (χ0v) is 11.3. The zero-order chi connectivity index (χ0) is 13.0. The predicted octanol–water partition coefficient (Wildman–Crippen LogP) is 2.17. The number of hydrogen-bond donors (Lipinski definition) is 1. The lowest BCUT2D eigenvalue weighted by atomic mass is 9.93. The van der Waals surface area contributed by atoms with Gasteiger partial charge in [0.2, 0.25) is 0 Å². The molecule has 1 N–H and O–H groups in total. The largest absolute Gasteiger partial charge is 0.495 e. The summed E-state index contributed by atoms with van der Waals surface area (Å²) in [5, 5.41) is 3.50. The van der Waals surface area contributed by atoms with Gasteiger partial charge < -0.3 is 14.8 Å². The van der Waals surface area contributed by atoms with E-state index in [2.05, 4.69) is 24.1 Å². The highest BCUT2D eigenvalue weighted by molar-refractivity contribution is 5.27. The van der Waals surface area contributed by atoms with Crippen LogP contribution in [0.3, 0.4) is 0 Å². The summed E-state index contributed by atoms with van der Waals surface area (Å²) >= 11 is 0. The molecule has 0 amide bonds. The van der Waals surface area contributed by atoms with Crippen molar-refractivity contribution in [3.05, 3.63) is 24.0 Å². The number of likely N-dealkylation sites (N-methyl/N-ethyl adjacent to an activating group) is 1. The van der Waals surface area contributed by atoms with Crippen molar-refractivity contribution in [2.45, 2.75) is 32.4 Å². The quantitative estimate of drug-likeness (QED) is 0.869. The molecule has 1 saturated heterocycles. The van der Waals surface area contributed by atoms with E-state index in [9.17, 15) is 0 Å². The molecule has 0 aliphatic carbocycles. The highest BCUT2D eigenvalue weighted by Crippen LogP contribution is 2.32. The molecule has 1 aliphatic rings. The lowest BCUT2D eigenvalue weighted by Gasteiger charge is -2.27. The Labute approximate surface area is 109 Å². The van der Waals surface area contributed by atoms with Crippen LogP contribution in [0, 0.1) is 5.92 Å². The van der Waals surface area contributed by atoms with E-state index >= 15 is 0 Å². The third-order valence-corrected chi connectivity index (χ3v) is 3.53. The second-order valence-corrected chi connectivity index (χ2v) is 4.79. The molecule has 4 heteroatoms.